The molecule has 0 unspecified atom stereocenters. The number of hydrogen-bond donors (Lipinski definition) is 1. The van der Waals surface area contributed by atoms with Gasteiger partial charge in [-0.2, -0.15) is 0 Å². The zero-order chi connectivity index (χ0) is 14.0. The van der Waals surface area contributed by atoms with Crippen LogP contribution in [0.3, 0.4) is 0 Å². The molecule has 0 bridgehead atoms. The van der Waals surface area contributed by atoms with Crippen LogP contribution in [0.5, 0.6) is 0 Å². The molecule has 1 aromatic carbocycles. The highest BCUT2D eigenvalue weighted by Crippen LogP contribution is 2.31. The molecule has 2 rings (SSSR count). The highest BCUT2D eigenvalue weighted by atomic mass is 32.2. The van der Waals surface area contributed by atoms with Gasteiger partial charge in [-0.3, -0.25) is 14.5 Å². The maximum atomic E-state index is 11.8. The minimum Gasteiger partial charge on any atom is -0.478 e. The second-order valence-corrected chi connectivity index (χ2v) is 4.85. The van der Waals surface area contributed by atoms with Crippen LogP contribution in [0.2, 0.25) is 0 Å². The van der Waals surface area contributed by atoms with Gasteiger partial charge in [0, 0.05) is 6.54 Å². The number of carbonyl (C=O) groups excluding carboxylic acids is 2. The third kappa shape index (κ3) is 2.68. The molecule has 0 aromatic heterocycles. The van der Waals surface area contributed by atoms with E-state index in [9.17, 15) is 14.4 Å². The van der Waals surface area contributed by atoms with E-state index in [2.05, 4.69) is 0 Å². The molecule has 6 heteroatoms. The van der Waals surface area contributed by atoms with E-state index >= 15 is 0 Å². The van der Waals surface area contributed by atoms with Crippen LogP contribution in [0, 0.1) is 0 Å². The Balaban J connectivity index is 2.25. The molecule has 0 saturated carbocycles. The van der Waals surface area contributed by atoms with Crippen LogP contribution in [0.15, 0.2) is 29.2 Å². The second kappa shape index (κ2) is 5.27. The molecule has 2 amide bonds. The van der Waals surface area contributed by atoms with E-state index in [1.54, 1.807) is 25.1 Å². The van der Waals surface area contributed by atoms with Crippen LogP contribution in [-0.4, -0.2) is 33.7 Å². The second-order valence-electron chi connectivity index (χ2n) is 3.85. The molecule has 19 heavy (non-hydrogen) atoms. The molecule has 0 atom stereocenters. The van der Waals surface area contributed by atoms with E-state index in [-0.39, 0.29) is 16.7 Å². The first-order valence-corrected chi connectivity index (χ1v) is 6.43. The Morgan fingerprint density at radius 2 is 1.95 bits per heavy atom. The Kier molecular flexibility index (Phi) is 3.71. The molecule has 1 aliphatic heterocycles. The highest BCUT2D eigenvalue weighted by molar-refractivity contribution is 8.18. The number of imide groups is 1. The van der Waals surface area contributed by atoms with Gasteiger partial charge in [0.05, 0.1) is 10.5 Å². The summed E-state index contributed by atoms with van der Waals surface area (Å²) in [7, 11) is 0. The number of aromatic carboxylic acids is 1. The first-order chi connectivity index (χ1) is 9.02. The van der Waals surface area contributed by atoms with Gasteiger partial charge in [-0.25, -0.2) is 4.79 Å². The number of carboxylic acids is 1. The zero-order valence-corrected chi connectivity index (χ0v) is 10.9. The topological polar surface area (TPSA) is 74.7 Å². The minimum absolute atomic E-state index is 0.179. The van der Waals surface area contributed by atoms with Crippen LogP contribution in [-0.2, 0) is 4.79 Å². The lowest BCUT2D eigenvalue weighted by Gasteiger charge is -2.06. The molecule has 1 aromatic rings. The average Bonchev–Trinajstić information content (AvgIpc) is 2.64. The Hall–Kier alpha value is -2.08. The highest BCUT2D eigenvalue weighted by Gasteiger charge is 2.33. The number of benzene rings is 1. The van der Waals surface area contributed by atoms with Crippen LogP contribution in [0.1, 0.15) is 22.8 Å². The van der Waals surface area contributed by atoms with E-state index < -0.39 is 5.97 Å². The molecule has 0 aliphatic carbocycles. The Labute approximate surface area is 113 Å². The standard InChI is InChI=1S/C13H11NO4S/c1-2-14-11(15)10(19-13(14)18)7-8-3-5-9(6-4-8)12(16)17/h3-7H,2H2,1H3,(H,16,17). The van der Waals surface area contributed by atoms with Crippen molar-refractivity contribution in [2.75, 3.05) is 6.54 Å². The average molecular weight is 277 g/mol. The molecule has 0 spiro atoms. The maximum Gasteiger partial charge on any atom is 0.335 e. The lowest BCUT2D eigenvalue weighted by atomic mass is 10.1. The van der Waals surface area contributed by atoms with Crippen molar-refractivity contribution in [1.29, 1.82) is 0 Å². The molecule has 0 radical (unpaired) electrons. The summed E-state index contributed by atoms with van der Waals surface area (Å²) in [5.41, 5.74) is 0.866. The lowest BCUT2D eigenvalue weighted by molar-refractivity contribution is -0.122. The number of nitrogens with zero attached hydrogens (tertiary/aromatic N) is 1. The molecule has 1 heterocycles. The van der Waals surface area contributed by atoms with Gasteiger partial charge in [0.25, 0.3) is 11.1 Å². The fourth-order valence-electron chi connectivity index (χ4n) is 1.65. The van der Waals surface area contributed by atoms with Gasteiger partial charge in [0.1, 0.15) is 0 Å². The van der Waals surface area contributed by atoms with E-state index in [0.29, 0.717) is 17.0 Å². The number of hydrogen-bond acceptors (Lipinski definition) is 4. The number of rotatable bonds is 3. The van der Waals surface area contributed by atoms with Crippen molar-refractivity contribution < 1.29 is 19.5 Å². The summed E-state index contributed by atoms with van der Waals surface area (Å²) in [6.07, 6.45) is 1.59. The normalized spacial score (nSPS) is 17.3. The summed E-state index contributed by atoms with van der Waals surface area (Å²) in [6.45, 7) is 2.08. The van der Waals surface area contributed by atoms with Gasteiger partial charge in [-0.05, 0) is 42.5 Å². The molecule has 98 valence electrons. The molecule has 1 N–H and O–H groups in total. The Morgan fingerprint density at radius 1 is 1.32 bits per heavy atom. The van der Waals surface area contributed by atoms with Crippen molar-refractivity contribution in [2.45, 2.75) is 6.92 Å². The Bertz CT molecular complexity index is 577. The zero-order valence-electron chi connectivity index (χ0n) is 10.1. The lowest BCUT2D eigenvalue weighted by Crippen LogP contribution is -2.27. The minimum atomic E-state index is -1.00. The van der Waals surface area contributed by atoms with Crippen molar-refractivity contribution in [2.24, 2.45) is 0 Å². The van der Waals surface area contributed by atoms with Crippen molar-refractivity contribution in [3.05, 3.63) is 40.3 Å². The molecule has 1 saturated heterocycles. The summed E-state index contributed by atoms with van der Waals surface area (Å²) in [5.74, 6) is -1.31. The van der Waals surface area contributed by atoms with Crippen molar-refractivity contribution in [3.8, 4) is 0 Å². The quantitative estimate of drug-likeness (QED) is 0.859. The summed E-state index contributed by atoms with van der Waals surface area (Å²) < 4.78 is 0. The van der Waals surface area contributed by atoms with Gasteiger partial charge in [0.15, 0.2) is 0 Å². The van der Waals surface area contributed by atoms with Crippen LogP contribution >= 0.6 is 11.8 Å². The van der Waals surface area contributed by atoms with Gasteiger partial charge >= 0.3 is 5.97 Å². The first kappa shape index (κ1) is 13.4. The number of thioether (sulfide) groups is 1. The van der Waals surface area contributed by atoms with Crippen LogP contribution < -0.4 is 0 Å². The number of carbonyl (C=O) groups is 3. The van der Waals surface area contributed by atoms with Gasteiger partial charge < -0.3 is 5.11 Å². The van der Waals surface area contributed by atoms with Gasteiger partial charge in [-0.15, -0.1) is 0 Å². The maximum absolute atomic E-state index is 11.8. The molecule has 5 nitrogen and oxygen atoms in total. The predicted octanol–water partition coefficient (Wildman–Crippen LogP) is 2.44. The monoisotopic (exact) mass is 277 g/mol. The smallest absolute Gasteiger partial charge is 0.335 e. The summed E-state index contributed by atoms with van der Waals surface area (Å²) in [6, 6.07) is 6.11. The largest absolute Gasteiger partial charge is 0.478 e. The third-order valence-corrected chi connectivity index (χ3v) is 3.55. The van der Waals surface area contributed by atoms with Crippen LogP contribution in [0.25, 0.3) is 6.08 Å². The molecule has 1 aliphatic rings. The third-order valence-electron chi connectivity index (χ3n) is 2.65. The van der Waals surface area contributed by atoms with E-state index in [1.807, 2.05) is 0 Å². The number of amides is 2. The summed E-state index contributed by atoms with van der Waals surface area (Å²) in [5, 5.41) is 8.50. The predicted molar refractivity (Wildman–Crippen MR) is 71.8 cm³/mol. The van der Waals surface area contributed by atoms with Gasteiger partial charge in [0.2, 0.25) is 0 Å². The van der Waals surface area contributed by atoms with E-state index in [4.69, 9.17) is 5.11 Å². The van der Waals surface area contributed by atoms with Crippen LogP contribution in [0.4, 0.5) is 4.79 Å². The first-order valence-electron chi connectivity index (χ1n) is 5.61. The molecule has 1 fully saturated rings. The fraction of sp³-hybridized carbons (Fsp3) is 0.154. The summed E-state index contributed by atoms with van der Waals surface area (Å²) >= 11 is 0.894. The van der Waals surface area contributed by atoms with E-state index in [0.717, 1.165) is 11.8 Å². The van der Waals surface area contributed by atoms with Gasteiger partial charge in [-0.1, -0.05) is 12.1 Å². The SMILES string of the molecule is CCN1C(=O)SC(=Cc2ccc(C(=O)O)cc2)C1=O. The van der Waals surface area contributed by atoms with Crippen molar-refractivity contribution >= 4 is 35.0 Å². The molecular weight excluding hydrogens is 266 g/mol. The fourth-order valence-corrected chi connectivity index (χ4v) is 2.55. The Morgan fingerprint density at radius 3 is 2.42 bits per heavy atom. The summed E-state index contributed by atoms with van der Waals surface area (Å²) in [4.78, 5) is 35.6. The number of likely N-dealkylation sites (N-methyl/N-ethyl adjacent to an activating group) is 1. The van der Waals surface area contributed by atoms with Crippen molar-refractivity contribution in [1.82, 2.24) is 4.90 Å². The van der Waals surface area contributed by atoms with Crippen molar-refractivity contribution in [3.63, 3.8) is 0 Å². The van der Waals surface area contributed by atoms with E-state index in [1.165, 1.54) is 17.0 Å². The molecular formula is C13H11NO4S. The number of carboxylic acid groups (broad SMARTS) is 1.